The zero-order valence-electron chi connectivity index (χ0n) is 14.1. The minimum Gasteiger partial charge on any atom is -0.481 e. The summed E-state index contributed by atoms with van der Waals surface area (Å²) >= 11 is 0. The molecule has 0 bridgehead atoms. The van der Waals surface area contributed by atoms with Gasteiger partial charge < -0.3 is 9.64 Å². The Labute approximate surface area is 141 Å². The average molecular weight is 331 g/mol. The summed E-state index contributed by atoms with van der Waals surface area (Å²) in [6.07, 6.45) is 3.86. The maximum Gasteiger partial charge on any atom is 0.212 e. The summed E-state index contributed by atoms with van der Waals surface area (Å²) in [4.78, 5) is 16.7. The van der Waals surface area contributed by atoms with E-state index in [0.717, 1.165) is 38.3 Å². The topological polar surface area (TPSA) is 54.4 Å². The van der Waals surface area contributed by atoms with Crippen LogP contribution in [0.2, 0.25) is 0 Å². The predicted molar refractivity (Wildman–Crippen MR) is 89.6 cm³/mol. The van der Waals surface area contributed by atoms with Gasteiger partial charge >= 0.3 is 0 Å². The zero-order valence-corrected chi connectivity index (χ0v) is 14.1. The van der Waals surface area contributed by atoms with Crippen LogP contribution in [-0.2, 0) is 13.0 Å². The molecule has 0 unspecified atom stereocenters. The third kappa shape index (κ3) is 3.62. The van der Waals surface area contributed by atoms with Crippen LogP contribution in [0.25, 0.3) is 0 Å². The van der Waals surface area contributed by atoms with Crippen LogP contribution in [0.3, 0.4) is 0 Å². The average Bonchev–Trinajstić information content (AvgIpc) is 2.63. The highest BCUT2D eigenvalue weighted by molar-refractivity contribution is 5.41. The van der Waals surface area contributed by atoms with Crippen molar-refractivity contribution in [3.8, 4) is 5.88 Å². The van der Waals surface area contributed by atoms with Crippen LogP contribution in [0.15, 0.2) is 24.7 Å². The quantitative estimate of drug-likeness (QED) is 0.834. The van der Waals surface area contributed by atoms with E-state index in [1.165, 1.54) is 6.33 Å². The summed E-state index contributed by atoms with van der Waals surface area (Å²) in [5, 5.41) is 0. The van der Waals surface area contributed by atoms with E-state index in [4.69, 9.17) is 4.74 Å². The van der Waals surface area contributed by atoms with Gasteiger partial charge in [-0.1, -0.05) is 13.0 Å². The Morgan fingerprint density at radius 1 is 1.12 bits per heavy atom. The van der Waals surface area contributed by atoms with Crippen molar-refractivity contribution in [2.24, 2.45) is 0 Å². The number of aryl methyl sites for hydroxylation is 1. The van der Waals surface area contributed by atoms with Crippen molar-refractivity contribution >= 4 is 5.82 Å². The number of aromatic nitrogens is 3. The van der Waals surface area contributed by atoms with E-state index in [1.807, 2.05) is 30.2 Å². The van der Waals surface area contributed by atoms with Gasteiger partial charge in [-0.2, -0.15) is 0 Å². The minimum atomic E-state index is -0.284. The molecular weight excluding hydrogens is 309 g/mol. The molecule has 1 fully saturated rings. The molecule has 0 aliphatic carbocycles. The van der Waals surface area contributed by atoms with Gasteiger partial charge in [0.1, 0.15) is 6.33 Å². The highest BCUT2D eigenvalue weighted by Gasteiger charge is 2.22. The molecule has 1 saturated heterocycles. The van der Waals surface area contributed by atoms with Crippen LogP contribution in [0.4, 0.5) is 10.2 Å². The lowest BCUT2D eigenvalue weighted by molar-refractivity contribution is 0.248. The van der Waals surface area contributed by atoms with Crippen molar-refractivity contribution in [3.05, 3.63) is 41.7 Å². The maximum absolute atomic E-state index is 14.4. The fourth-order valence-corrected chi connectivity index (χ4v) is 2.86. The third-order valence-corrected chi connectivity index (χ3v) is 4.26. The van der Waals surface area contributed by atoms with Gasteiger partial charge in [-0.3, -0.25) is 4.90 Å². The van der Waals surface area contributed by atoms with Crippen LogP contribution < -0.4 is 9.64 Å². The number of nitrogens with zero attached hydrogens (tertiary/aromatic N) is 5. The second-order valence-electron chi connectivity index (χ2n) is 5.78. The Bertz CT molecular complexity index is 671. The fourth-order valence-electron chi connectivity index (χ4n) is 2.86. The molecular formula is C17H22FN5O. The van der Waals surface area contributed by atoms with Crippen molar-refractivity contribution in [1.82, 2.24) is 19.9 Å². The van der Waals surface area contributed by atoms with E-state index in [1.54, 1.807) is 7.11 Å². The van der Waals surface area contributed by atoms with Gasteiger partial charge in [-0.15, -0.1) is 0 Å². The van der Waals surface area contributed by atoms with E-state index in [2.05, 4.69) is 19.9 Å². The van der Waals surface area contributed by atoms with Gasteiger partial charge in [-0.25, -0.2) is 19.3 Å². The first-order valence-electron chi connectivity index (χ1n) is 8.17. The predicted octanol–water partition coefficient (Wildman–Crippen LogP) is 1.90. The monoisotopic (exact) mass is 331 g/mol. The first-order valence-corrected chi connectivity index (χ1v) is 8.17. The summed E-state index contributed by atoms with van der Waals surface area (Å²) in [5.41, 5.74) is 1.62. The fraction of sp³-hybridized carbons (Fsp3) is 0.471. The Morgan fingerprint density at radius 3 is 2.54 bits per heavy atom. The number of piperazine rings is 1. The lowest BCUT2D eigenvalue weighted by Gasteiger charge is -2.35. The van der Waals surface area contributed by atoms with Crippen molar-refractivity contribution in [2.75, 3.05) is 38.2 Å². The second kappa shape index (κ2) is 7.53. The first-order chi connectivity index (χ1) is 11.7. The molecule has 0 amide bonds. The van der Waals surface area contributed by atoms with E-state index in [-0.39, 0.29) is 5.82 Å². The number of halogens is 1. The van der Waals surface area contributed by atoms with Gasteiger partial charge in [0.15, 0.2) is 11.6 Å². The number of methoxy groups -OCH3 is 1. The molecule has 3 heterocycles. The smallest absolute Gasteiger partial charge is 0.212 e. The van der Waals surface area contributed by atoms with Crippen molar-refractivity contribution in [1.29, 1.82) is 0 Å². The molecule has 0 N–H and O–H groups in total. The summed E-state index contributed by atoms with van der Waals surface area (Å²) < 4.78 is 19.4. The third-order valence-electron chi connectivity index (χ3n) is 4.26. The van der Waals surface area contributed by atoms with Crippen LogP contribution in [0.1, 0.15) is 18.2 Å². The molecule has 0 spiro atoms. The number of pyridine rings is 1. The molecule has 0 atom stereocenters. The highest BCUT2D eigenvalue weighted by Crippen LogP contribution is 2.20. The van der Waals surface area contributed by atoms with Crippen molar-refractivity contribution < 1.29 is 9.13 Å². The summed E-state index contributed by atoms with van der Waals surface area (Å²) in [6, 6.07) is 3.89. The molecule has 24 heavy (non-hydrogen) atoms. The first kappa shape index (κ1) is 16.6. The Hall–Kier alpha value is -2.28. The number of rotatable bonds is 5. The molecule has 1 aliphatic rings. The lowest BCUT2D eigenvalue weighted by Crippen LogP contribution is -2.46. The SMILES string of the molecule is CCc1ncnc(N2CCN(Cc3ccc(OC)nc3)CC2)c1F. The van der Waals surface area contributed by atoms with E-state index in [0.29, 0.717) is 23.8 Å². The van der Waals surface area contributed by atoms with Crippen molar-refractivity contribution in [3.63, 3.8) is 0 Å². The van der Waals surface area contributed by atoms with Crippen LogP contribution in [-0.4, -0.2) is 53.1 Å². The zero-order chi connectivity index (χ0) is 16.9. The largest absolute Gasteiger partial charge is 0.481 e. The second-order valence-corrected chi connectivity index (χ2v) is 5.78. The number of hydrogen-bond acceptors (Lipinski definition) is 6. The molecule has 128 valence electrons. The normalized spacial score (nSPS) is 15.5. The van der Waals surface area contributed by atoms with Crippen LogP contribution in [0.5, 0.6) is 5.88 Å². The van der Waals surface area contributed by atoms with Crippen LogP contribution in [0, 0.1) is 5.82 Å². The van der Waals surface area contributed by atoms with Gasteiger partial charge in [-0.05, 0) is 12.0 Å². The number of ether oxygens (including phenoxy) is 1. The van der Waals surface area contributed by atoms with E-state index >= 15 is 0 Å². The molecule has 2 aromatic rings. The molecule has 0 saturated carbocycles. The Morgan fingerprint density at radius 2 is 1.92 bits per heavy atom. The number of anilines is 1. The van der Waals surface area contributed by atoms with Gasteiger partial charge in [0.25, 0.3) is 0 Å². The minimum absolute atomic E-state index is 0.284. The van der Waals surface area contributed by atoms with Gasteiger partial charge in [0.2, 0.25) is 5.88 Å². The van der Waals surface area contributed by atoms with Crippen molar-refractivity contribution in [2.45, 2.75) is 19.9 Å². The molecule has 7 heteroatoms. The molecule has 6 nitrogen and oxygen atoms in total. The summed E-state index contributed by atoms with van der Waals surface area (Å²) in [6.45, 7) is 5.95. The standard InChI is InChI=1S/C17H22FN5O/c1-3-14-16(18)17(21-12-20-14)23-8-6-22(7-9-23)11-13-4-5-15(24-2)19-10-13/h4-5,10,12H,3,6-9,11H2,1-2H3. The summed E-state index contributed by atoms with van der Waals surface area (Å²) in [7, 11) is 1.61. The maximum atomic E-state index is 14.4. The highest BCUT2D eigenvalue weighted by atomic mass is 19.1. The van der Waals surface area contributed by atoms with Gasteiger partial charge in [0.05, 0.1) is 12.8 Å². The molecule has 2 aromatic heterocycles. The lowest BCUT2D eigenvalue weighted by atomic mass is 10.2. The van der Waals surface area contributed by atoms with E-state index in [9.17, 15) is 4.39 Å². The molecule has 1 aliphatic heterocycles. The summed E-state index contributed by atoms with van der Waals surface area (Å²) in [5.74, 6) is 0.759. The Kier molecular flexibility index (Phi) is 5.20. The number of hydrogen-bond donors (Lipinski definition) is 0. The van der Waals surface area contributed by atoms with Gasteiger partial charge in [0, 0.05) is 45.0 Å². The Balaban J connectivity index is 1.59. The molecule has 0 aromatic carbocycles. The molecule has 3 rings (SSSR count). The van der Waals surface area contributed by atoms with Crippen LogP contribution >= 0.6 is 0 Å². The molecule has 0 radical (unpaired) electrons. The van der Waals surface area contributed by atoms with E-state index < -0.39 is 0 Å².